The third-order valence-corrected chi connectivity index (χ3v) is 1.75. The number of hydrazone groups is 1. The standard InChI is InChI=1S/C11H14N2O2/c1-13(2)12-8-9-5-4-6-10(7-9)11(14)15-3/h4-8H,1-3H3/b12-8+. The minimum atomic E-state index is -0.338. The Kier molecular flexibility index (Phi) is 3.85. The lowest BCUT2D eigenvalue weighted by Crippen LogP contribution is -2.03. The fraction of sp³-hybridized carbons (Fsp3) is 0.273. The molecule has 0 aliphatic rings. The highest BCUT2D eigenvalue weighted by Gasteiger charge is 2.04. The van der Waals surface area contributed by atoms with Crippen LogP contribution in [0.25, 0.3) is 0 Å². The van der Waals surface area contributed by atoms with Crippen molar-refractivity contribution in [2.24, 2.45) is 5.10 Å². The van der Waals surface area contributed by atoms with Crippen molar-refractivity contribution in [3.05, 3.63) is 35.4 Å². The van der Waals surface area contributed by atoms with Gasteiger partial charge in [-0.05, 0) is 17.7 Å². The van der Waals surface area contributed by atoms with Crippen LogP contribution >= 0.6 is 0 Å². The van der Waals surface area contributed by atoms with Crippen LogP contribution < -0.4 is 0 Å². The van der Waals surface area contributed by atoms with Gasteiger partial charge in [-0.2, -0.15) is 5.10 Å². The first-order valence-corrected chi connectivity index (χ1v) is 4.53. The lowest BCUT2D eigenvalue weighted by molar-refractivity contribution is 0.0600. The number of benzene rings is 1. The second kappa shape index (κ2) is 5.14. The molecule has 0 bridgehead atoms. The summed E-state index contributed by atoms with van der Waals surface area (Å²) in [5.74, 6) is -0.338. The van der Waals surface area contributed by atoms with Gasteiger partial charge in [0.2, 0.25) is 0 Å². The molecule has 1 aromatic rings. The van der Waals surface area contributed by atoms with E-state index in [1.807, 2.05) is 20.2 Å². The van der Waals surface area contributed by atoms with E-state index < -0.39 is 0 Å². The Bertz CT molecular complexity index is 373. The molecule has 80 valence electrons. The molecule has 15 heavy (non-hydrogen) atoms. The van der Waals surface area contributed by atoms with Crippen LogP contribution in [-0.4, -0.2) is 38.4 Å². The average molecular weight is 206 g/mol. The molecule has 0 aromatic heterocycles. The molecule has 0 spiro atoms. The highest BCUT2D eigenvalue weighted by Crippen LogP contribution is 2.04. The van der Waals surface area contributed by atoms with Gasteiger partial charge >= 0.3 is 5.97 Å². The maximum Gasteiger partial charge on any atom is 0.337 e. The molecule has 0 unspecified atom stereocenters. The zero-order chi connectivity index (χ0) is 11.3. The summed E-state index contributed by atoms with van der Waals surface area (Å²) in [6, 6.07) is 7.11. The van der Waals surface area contributed by atoms with E-state index in [-0.39, 0.29) is 5.97 Å². The number of hydrogen-bond donors (Lipinski definition) is 0. The molecule has 0 amide bonds. The van der Waals surface area contributed by atoms with Crippen molar-refractivity contribution in [2.45, 2.75) is 0 Å². The summed E-state index contributed by atoms with van der Waals surface area (Å²) in [6.45, 7) is 0. The minimum Gasteiger partial charge on any atom is -0.465 e. The molecule has 4 nitrogen and oxygen atoms in total. The maximum atomic E-state index is 11.2. The van der Waals surface area contributed by atoms with Crippen molar-refractivity contribution in [1.82, 2.24) is 5.01 Å². The number of carbonyl (C=O) groups excluding carboxylic acids is 1. The molecule has 0 radical (unpaired) electrons. The maximum absolute atomic E-state index is 11.2. The smallest absolute Gasteiger partial charge is 0.337 e. The van der Waals surface area contributed by atoms with E-state index in [1.165, 1.54) is 7.11 Å². The topological polar surface area (TPSA) is 41.9 Å². The van der Waals surface area contributed by atoms with Crippen LogP contribution in [-0.2, 0) is 4.74 Å². The highest BCUT2D eigenvalue weighted by molar-refractivity contribution is 5.92. The molecule has 0 aliphatic carbocycles. The molecule has 0 fully saturated rings. The molecule has 1 aromatic carbocycles. The van der Waals surface area contributed by atoms with Crippen molar-refractivity contribution in [3.8, 4) is 0 Å². The van der Waals surface area contributed by atoms with Crippen molar-refractivity contribution in [3.63, 3.8) is 0 Å². The molecule has 0 saturated heterocycles. The van der Waals surface area contributed by atoms with E-state index in [2.05, 4.69) is 9.84 Å². The van der Waals surface area contributed by atoms with Gasteiger partial charge in [0, 0.05) is 14.1 Å². The Balaban J connectivity index is 2.88. The normalized spacial score (nSPS) is 10.3. The summed E-state index contributed by atoms with van der Waals surface area (Å²) in [4.78, 5) is 11.2. The van der Waals surface area contributed by atoms with Crippen LogP contribution in [0, 0.1) is 0 Å². The number of methoxy groups -OCH3 is 1. The van der Waals surface area contributed by atoms with Gasteiger partial charge in [-0.1, -0.05) is 12.1 Å². The predicted molar refractivity (Wildman–Crippen MR) is 59.1 cm³/mol. The van der Waals surface area contributed by atoms with Gasteiger partial charge in [0.1, 0.15) is 0 Å². The van der Waals surface area contributed by atoms with Gasteiger partial charge in [0.15, 0.2) is 0 Å². The largest absolute Gasteiger partial charge is 0.465 e. The van der Waals surface area contributed by atoms with Crippen molar-refractivity contribution in [1.29, 1.82) is 0 Å². The van der Waals surface area contributed by atoms with Crippen molar-refractivity contribution in [2.75, 3.05) is 21.2 Å². The molecule has 0 saturated carbocycles. The monoisotopic (exact) mass is 206 g/mol. The first-order chi connectivity index (χ1) is 7.13. The number of hydrogen-bond acceptors (Lipinski definition) is 4. The first kappa shape index (κ1) is 11.2. The summed E-state index contributed by atoms with van der Waals surface area (Å²) in [7, 11) is 5.03. The molecule has 4 heteroatoms. The highest BCUT2D eigenvalue weighted by atomic mass is 16.5. The lowest BCUT2D eigenvalue weighted by atomic mass is 10.1. The Morgan fingerprint density at radius 1 is 1.47 bits per heavy atom. The number of carbonyl (C=O) groups is 1. The fourth-order valence-electron chi connectivity index (χ4n) is 1.05. The number of esters is 1. The quantitative estimate of drug-likeness (QED) is 0.426. The van der Waals surface area contributed by atoms with E-state index in [4.69, 9.17) is 0 Å². The number of rotatable bonds is 3. The molecular weight excluding hydrogens is 192 g/mol. The van der Waals surface area contributed by atoms with Crippen LogP contribution in [0.15, 0.2) is 29.4 Å². The molecule has 0 heterocycles. The lowest BCUT2D eigenvalue weighted by Gasteiger charge is -2.03. The van der Waals surface area contributed by atoms with Crippen LogP contribution in [0.5, 0.6) is 0 Å². The van der Waals surface area contributed by atoms with Gasteiger partial charge in [-0.25, -0.2) is 4.79 Å². The third kappa shape index (κ3) is 3.42. The van der Waals surface area contributed by atoms with E-state index in [0.29, 0.717) is 5.56 Å². The van der Waals surface area contributed by atoms with Crippen LogP contribution in [0.2, 0.25) is 0 Å². The molecule has 0 aliphatic heterocycles. The Hall–Kier alpha value is -1.84. The van der Waals surface area contributed by atoms with Gasteiger partial charge in [-0.15, -0.1) is 0 Å². The van der Waals surface area contributed by atoms with Crippen molar-refractivity contribution < 1.29 is 9.53 Å². The first-order valence-electron chi connectivity index (χ1n) is 4.53. The fourth-order valence-corrected chi connectivity index (χ4v) is 1.05. The SMILES string of the molecule is COC(=O)c1cccc(/C=N/N(C)C)c1. The summed E-state index contributed by atoms with van der Waals surface area (Å²) < 4.78 is 4.62. The molecule has 0 N–H and O–H groups in total. The van der Waals surface area contributed by atoms with E-state index in [1.54, 1.807) is 29.4 Å². The average Bonchev–Trinajstić information content (AvgIpc) is 2.25. The third-order valence-electron chi connectivity index (χ3n) is 1.75. The van der Waals surface area contributed by atoms with Gasteiger partial charge in [-0.3, -0.25) is 0 Å². The second-order valence-corrected chi connectivity index (χ2v) is 3.21. The van der Waals surface area contributed by atoms with E-state index in [0.717, 1.165) is 5.56 Å². The summed E-state index contributed by atoms with van der Waals surface area (Å²) in [6.07, 6.45) is 1.69. The van der Waals surface area contributed by atoms with Crippen LogP contribution in [0.4, 0.5) is 0 Å². The van der Waals surface area contributed by atoms with Gasteiger partial charge < -0.3 is 9.75 Å². The van der Waals surface area contributed by atoms with Gasteiger partial charge in [0.05, 0.1) is 18.9 Å². The van der Waals surface area contributed by atoms with E-state index >= 15 is 0 Å². The molecule has 0 atom stereocenters. The minimum absolute atomic E-state index is 0.338. The van der Waals surface area contributed by atoms with Crippen molar-refractivity contribution >= 4 is 12.2 Å². The zero-order valence-electron chi connectivity index (χ0n) is 9.10. The molecular formula is C11H14N2O2. The van der Waals surface area contributed by atoms with Gasteiger partial charge in [0.25, 0.3) is 0 Å². The Morgan fingerprint density at radius 3 is 2.80 bits per heavy atom. The Morgan fingerprint density at radius 2 is 2.20 bits per heavy atom. The second-order valence-electron chi connectivity index (χ2n) is 3.21. The summed E-state index contributed by atoms with van der Waals surface area (Å²) in [5, 5.41) is 5.76. The van der Waals surface area contributed by atoms with E-state index in [9.17, 15) is 4.79 Å². The Labute approximate surface area is 89.2 Å². The number of nitrogens with zero attached hydrogens (tertiary/aromatic N) is 2. The predicted octanol–water partition coefficient (Wildman–Crippen LogP) is 1.37. The molecule has 1 rings (SSSR count). The van der Waals surface area contributed by atoms with Crippen LogP contribution in [0.3, 0.4) is 0 Å². The summed E-state index contributed by atoms with van der Waals surface area (Å²) >= 11 is 0. The number of ether oxygens (including phenoxy) is 1. The zero-order valence-corrected chi connectivity index (χ0v) is 9.10. The van der Waals surface area contributed by atoms with Crippen LogP contribution in [0.1, 0.15) is 15.9 Å². The summed E-state index contributed by atoms with van der Waals surface area (Å²) in [5.41, 5.74) is 1.40.